The van der Waals surface area contributed by atoms with Crippen LogP contribution in [0.2, 0.25) is 0 Å². The summed E-state index contributed by atoms with van der Waals surface area (Å²) in [5, 5.41) is 0. The molecule has 0 N–H and O–H groups in total. The maximum atomic E-state index is 10.8. The molecule has 4 nitrogen and oxygen atoms in total. The Balaban J connectivity index is 3.22. The fourth-order valence-corrected chi connectivity index (χ4v) is 1.39. The van der Waals surface area contributed by atoms with E-state index in [2.05, 4.69) is 0 Å². The predicted octanol–water partition coefficient (Wildman–Crippen LogP) is 1.66. The van der Waals surface area contributed by atoms with Gasteiger partial charge in [-0.1, -0.05) is 0 Å². The third-order valence-electron chi connectivity index (χ3n) is 2.01. The topological polar surface area (TPSA) is 44.8 Å². The van der Waals surface area contributed by atoms with Crippen LogP contribution in [0.25, 0.3) is 0 Å². The Labute approximate surface area is 88.8 Å². The van der Waals surface area contributed by atoms with Crippen LogP contribution in [0.5, 0.6) is 11.5 Å². The van der Waals surface area contributed by atoms with Gasteiger partial charge in [-0.05, 0) is 17.7 Å². The molecule has 0 aliphatic carbocycles. The molecule has 0 spiro atoms. The highest BCUT2D eigenvalue weighted by Crippen LogP contribution is 2.31. The zero-order valence-corrected chi connectivity index (χ0v) is 9.07. The van der Waals surface area contributed by atoms with Crippen molar-refractivity contribution in [2.75, 3.05) is 21.3 Å². The maximum absolute atomic E-state index is 10.8. The Morgan fingerprint density at radius 3 is 2.40 bits per heavy atom. The van der Waals surface area contributed by atoms with Crippen LogP contribution >= 0.6 is 0 Å². The second kappa shape index (κ2) is 5.36. The van der Waals surface area contributed by atoms with Crippen LogP contribution in [0.1, 0.15) is 15.9 Å². The molecule has 0 amide bonds. The summed E-state index contributed by atoms with van der Waals surface area (Å²) < 4.78 is 15.2. The maximum Gasteiger partial charge on any atom is 0.171 e. The SMILES string of the molecule is COCc1cc(C=O)c(OC)c(OC)c1. The molecule has 0 atom stereocenters. The van der Waals surface area contributed by atoms with Gasteiger partial charge in [-0.25, -0.2) is 0 Å². The van der Waals surface area contributed by atoms with Crippen molar-refractivity contribution < 1.29 is 19.0 Å². The van der Waals surface area contributed by atoms with E-state index >= 15 is 0 Å². The summed E-state index contributed by atoms with van der Waals surface area (Å²) in [6, 6.07) is 3.51. The molecule has 15 heavy (non-hydrogen) atoms. The van der Waals surface area contributed by atoms with Crippen LogP contribution in [-0.2, 0) is 11.3 Å². The van der Waals surface area contributed by atoms with E-state index in [4.69, 9.17) is 14.2 Å². The molecule has 0 fully saturated rings. The molecule has 0 saturated carbocycles. The predicted molar refractivity (Wildman–Crippen MR) is 55.6 cm³/mol. The standard InChI is InChI=1S/C11H14O4/c1-13-7-8-4-9(6-12)11(15-3)10(5-8)14-2/h4-6H,7H2,1-3H3. The first-order valence-electron chi connectivity index (χ1n) is 4.45. The number of rotatable bonds is 5. The number of aldehydes is 1. The lowest BCUT2D eigenvalue weighted by molar-refractivity contribution is 0.111. The van der Waals surface area contributed by atoms with Crippen molar-refractivity contribution in [3.05, 3.63) is 23.3 Å². The van der Waals surface area contributed by atoms with Crippen LogP contribution in [0.4, 0.5) is 0 Å². The number of carbonyl (C=O) groups excluding carboxylic acids is 1. The zero-order valence-electron chi connectivity index (χ0n) is 9.07. The van der Waals surface area contributed by atoms with Gasteiger partial charge in [0.1, 0.15) is 0 Å². The average molecular weight is 210 g/mol. The van der Waals surface area contributed by atoms with Gasteiger partial charge < -0.3 is 14.2 Å². The van der Waals surface area contributed by atoms with Gasteiger partial charge in [0.2, 0.25) is 0 Å². The molecule has 4 heteroatoms. The second-order valence-corrected chi connectivity index (χ2v) is 2.97. The first-order chi connectivity index (χ1) is 7.26. The Morgan fingerprint density at radius 1 is 1.20 bits per heavy atom. The smallest absolute Gasteiger partial charge is 0.171 e. The summed E-state index contributed by atoms with van der Waals surface area (Å²) in [7, 11) is 4.63. The molecule has 0 bridgehead atoms. The van der Waals surface area contributed by atoms with E-state index in [0.29, 0.717) is 23.7 Å². The molecule has 1 aromatic rings. The van der Waals surface area contributed by atoms with E-state index in [0.717, 1.165) is 11.8 Å². The monoisotopic (exact) mass is 210 g/mol. The summed E-state index contributed by atoms with van der Waals surface area (Å²) in [4.78, 5) is 10.8. The lowest BCUT2D eigenvalue weighted by Crippen LogP contribution is -1.98. The zero-order chi connectivity index (χ0) is 11.3. The molecule has 0 radical (unpaired) electrons. The number of carbonyl (C=O) groups is 1. The molecule has 0 aromatic heterocycles. The van der Waals surface area contributed by atoms with Gasteiger partial charge >= 0.3 is 0 Å². The van der Waals surface area contributed by atoms with Crippen molar-refractivity contribution in [1.82, 2.24) is 0 Å². The summed E-state index contributed by atoms with van der Waals surface area (Å²) in [5.74, 6) is 0.988. The lowest BCUT2D eigenvalue weighted by atomic mass is 10.1. The number of hydrogen-bond donors (Lipinski definition) is 0. The molecule has 0 saturated heterocycles. The van der Waals surface area contributed by atoms with Crippen LogP contribution in [0.15, 0.2) is 12.1 Å². The quantitative estimate of drug-likeness (QED) is 0.693. The molecular weight excluding hydrogens is 196 g/mol. The van der Waals surface area contributed by atoms with Gasteiger partial charge in [-0.3, -0.25) is 4.79 Å². The first kappa shape index (κ1) is 11.5. The molecule has 0 heterocycles. The fraction of sp³-hybridized carbons (Fsp3) is 0.364. The van der Waals surface area contributed by atoms with Crippen molar-refractivity contribution in [3.8, 4) is 11.5 Å². The largest absolute Gasteiger partial charge is 0.493 e. The Hall–Kier alpha value is -1.55. The van der Waals surface area contributed by atoms with E-state index in [1.807, 2.05) is 0 Å². The van der Waals surface area contributed by atoms with E-state index in [1.54, 1.807) is 19.2 Å². The van der Waals surface area contributed by atoms with Gasteiger partial charge in [-0.15, -0.1) is 0 Å². The molecule has 1 rings (SSSR count). The van der Waals surface area contributed by atoms with E-state index in [9.17, 15) is 4.79 Å². The number of benzene rings is 1. The van der Waals surface area contributed by atoms with Gasteiger partial charge in [0.05, 0.1) is 26.4 Å². The van der Waals surface area contributed by atoms with Crippen LogP contribution in [-0.4, -0.2) is 27.6 Å². The minimum atomic E-state index is 0.432. The Morgan fingerprint density at radius 2 is 1.93 bits per heavy atom. The first-order valence-corrected chi connectivity index (χ1v) is 4.45. The highest BCUT2D eigenvalue weighted by atomic mass is 16.5. The van der Waals surface area contributed by atoms with Crippen molar-refractivity contribution in [2.24, 2.45) is 0 Å². The van der Waals surface area contributed by atoms with Crippen LogP contribution in [0.3, 0.4) is 0 Å². The van der Waals surface area contributed by atoms with E-state index in [1.165, 1.54) is 14.2 Å². The van der Waals surface area contributed by atoms with Gasteiger partial charge in [0, 0.05) is 7.11 Å². The molecule has 0 aliphatic heterocycles. The van der Waals surface area contributed by atoms with Crippen molar-refractivity contribution in [3.63, 3.8) is 0 Å². The molecule has 0 unspecified atom stereocenters. The van der Waals surface area contributed by atoms with Crippen LogP contribution < -0.4 is 9.47 Å². The summed E-state index contributed by atoms with van der Waals surface area (Å²) in [6.07, 6.45) is 0.737. The molecule has 1 aromatic carbocycles. The van der Waals surface area contributed by atoms with Gasteiger partial charge in [-0.2, -0.15) is 0 Å². The highest BCUT2D eigenvalue weighted by Gasteiger charge is 2.11. The van der Waals surface area contributed by atoms with Crippen LogP contribution in [0, 0.1) is 0 Å². The number of ether oxygens (including phenoxy) is 3. The number of hydrogen-bond acceptors (Lipinski definition) is 4. The second-order valence-electron chi connectivity index (χ2n) is 2.97. The summed E-state index contributed by atoms with van der Waals surface area (Å²) >= 11 is 0. The minimum Gasteiger partial charge on any atom is -0.493 e. The average Bonchev–Trinajstić information content (AvgIpc) is 2.28. The van der Waals surface area contributed by atoms with E-state index < -0.39 is 0 Å². The van der Waals surface area contributed by atoms with Crippen molar-refractivity contribution >= 4 is 6.29 Å². The lowest BCUT2D eigenvalue weighted by Gasteiger charge is -2.11. The Kier molecular flexibility index (Phi) is 4.12. The van der Waals surface area contributed by atoms with Crippen molar-refractivity contribution in [1.29, 1.82) is 0 Å². The molecule has 82 valence electrons. The summed E-state index contributed by atoms with van der Waals surface area (Å²) in [5.41, 5.74) is 1.33. The number of methoxy groups -OCH3 is 3. The third-order valence-corrected chi connectivity index (χ3v) is 2.01. The fourth-order valence-electron chi connectivity index (χ4n) is 1.39. The normalized spacial score (nSPS) is 9.80. The third kappa shape index (κ3) is 2.47. The Bertz CT molecular complexity index is 347. The van der Waals surface area contributed by atoms with Crippen molar-refractivity contribution in [2.45, 2.75) is 6.61 Å². The molecule has 0 aliphatic rings. The van der Waals surface area contributed by atoms with Gasteiger partial charge in [0.15, 0.2) is 17.8 Å². The highest BCUT2D eigenvalue weighted by molar-refractivity contribution is 5.81. The van der Waals surface area contributed by atoms with E-state index in [-0.39, 0.29) is 0 Å². The minimum absolute atomic E-state index is 0.432. The van der Waals surface area contributed by atoms with Gasteiger partial charge in [0.25, 0.3) is 0 Å². The summed E-state index contributed by atoms with van der Waals surface area (Å²) in [6.45, 7) is 0.432. The molecular formula is C11H14O4.